The lowest BCUT2D eigenvalue weighted by molar-refractivity contribution is -0.110. The Labute approximate surface area is 142 Å². The molecule has 0 amide bonds. The molecule has 1 aromatic carbocycles. The first-order chi connectivity index (χ1) is 11.2. The normalized spacial score (nSPS) is 30.7. The van der Waals surface area contributed by atoms with E-state index in [1.165, 1.54) is 0 Å². The minimum atomic E-state index is -0.120. The third-order valence-electron chi connectivity index (χ3n) is 4.45. The number of nitrogens with zero attached hydrogens (tertiary/aromatic N) is 3. The minimum Gasteiger partial charge on any atom is -0.374 e. The van der Waals surface area contributed by atoms with Crippen LogP contribution in [0.1, 0.15) is 26.3 Å². The molecule has 5 atom stereocenters. The third kappa shape index (κ3) is 4.88. The molecular weight excluding hydrogens is 310 g/mol. The van der Waals surface area contributed by atoms with Crippen molar-refractivity contribution in [1.29, 1.82) is 0 Å². The van der Waals surface area contributed by atoms with Gasteiger partial charge in [-0.15, -0.1) is 11.8 Å². The first-order valence-corrected chi connectivity index (χ1v) is 9.15. The quantitative estimate of drug-likeness (QED) is 0.414. The van der Waals surface area contributed by atoms with E-state index in [-0.39, 0.29) is 29.4 Å². The lowest BCUT2D eigenvalue weighted by atomic mass is 9.83. The molecule has 2 rings (SSSR count). The van der Waals surface area contributed by atoms with E-state index in [0.29, 0.717) is 13.2 Å². The van der Waals surface area contributed by atoms with E-state index in [1.807, 2.05) is 18.2 Å². The van der Waals surface area contributed by atoms with Crippen molar-refractivity contribution in [3.8, 4) is 0 Å². The summed E-state index contributed by atoms with van der Waals surface area (Å²) in [7, 11) is 0. The molecule has 0 aliphatic carbocycles. The second-order valence-corrected chi connectivity index (χ2v) is 7.29. The lowest BCUT2D eigenvalue weighted by Gasteiger charge is -2.42. The Morgan fingerprint density at radius 1 is 1.26 bits per heavy atom. The molecular formula is C17H25N3O2S. The van der Waals surface area contributed by atoms with E-state index >= 15 is 0 Å². The van der Waals surface area contributed by atoms with Crippen molar-refractivity contribution in [3.05, 3.63) is 46.3 Å². The maximum Gasteiger partial charge on any atom is 0.112 e. The molecule has 1 heterocycles. The second kappa shape index (κ2) is 9.18. The lowest BCUT2D eigenvalue weighted by Crippen LogP contribution is -2.48. The molecule has 1 saturated heterocycles. The van der Waals surface area contributed by atoms with Gasteiger partial charge in [0.1, 0.15) is 5.44 Å². The van der Waals surface area contributed by atoms with Crippen LogP contribution in [0.4, 0.5) is 0 Å². The summed E-state index contributed by atoms with van der Waals surface area (Å²) in [6.07, 6.45) is 0.0305. The van der Waals surface area contributed by atoms with Gasteiger partial charge < -0.3 is 9.47 Å². The standard InChI is InChI=1S/C17H25N3O2S/c1-4-23-17-16(19-20-18)13(3)12(2)15(22-17)11-21-10-14-8-6-5-7-9-14/h5-9,12-13,15-17H,4,10-11H2,1-3H3/t12-,13-,15?,16?,17-/m0/s1. The first kappa shape index (κ1) is 18.1. The smallest absolute Gasteiger partial charge is 0.112 e. The largest absolute Gasteiger partial charge is 0.374 e. The Morgan fingerprint density at radius 3 is 2.65 bits per heavy atom. The van der Waals surface area contributed by atoms with Gasteiger partial charge in [-0.3, -0.25) is 0 Å². The van der Waals surface area contributed by atoms with Crippen molar-refractivity contribution in [2.24, 2.45) is 17.0 Å². The van der Waals surface area contributed by atoms with Crippen LogP contribution in [-0.4, -0.2) is 29.9 Å². The van der Waals surface area contributed by atoms with Gasteiger partial charge in [0.15, 0.2) is 0 Å². The fourth-order valence-electron chi connectivity index (χ4n) is 2.85. The number of rotatable bonds is 7. The van der Waals surface area contributed by atoms with E-state index in [9.17, 15) is 0 Å². The van der Waals surface area contributed by atoms with Crippen LogP contribution in [0.5, 0.6) is 0 Å². The molecule has 1 aliphatic rings. The summed E-state index contributed by atoms with van der Waals surface area (Å²) in [6.45, 7) is 7.52. The molecule has 0 saturated carbocycles. The van der Waals surface area contributed by atoms with Gasteiger partial charge in [0.05, 0.1) is 25.4 Å². The fraction of sp³-hybridized carbons (Fsp3) is 0.647. The Balaban J connectivity index is 1.94. The van der Waals surface area contributed by atoms with Crippen LogP contribution in [0.25, 0.3) is 10.4 Å². The second-order valence-electron chi connectivity index (χ2n) is 5.91. The van der Waals surface area contributed by atoms with Crippen molar-refractivity contribution in [2.75, 3.05) is 12.4 Å². The highest BCUT2D eigenvalue weighted by Crippen LogP contribution is 2.37. The summed E-state index contributed by atoms with van der Waals surface area (Å²) in [4.78, 5) is 3.00. The summed E-state index contributed by atoms with van der Waals surface area (Å²) < 4.78 is 12.0. The van der Waals surface area contributed by atoms with Gasteiger partial charge in [0, 0.05) is 4.91 Å². The van der Waals surface area contributed by atoms with Gasteiger partial charge in [-0.1, -0.05) is 56.2 Å². The van der Waals surface area contributed by atoms with E-state index in [1.54, 1.807) is 11.8 Å². The van der Waals surface area contributed by atoms with Gasteiger partial charge in [-0.05, 0) is 28.7 Å². The number of thioether (sulfide) groups is 1. The first-order valence-electron chi connectivity index (χ1n) is 8.10. The zero-order chi connectivity index (χ0) is 16.7. The number of ether oxygens (including phenoxy) is 2. The van der Waals surface area contributed by atoms with Crippen molar-refractivity contribution >= 4 is 11.8 Å². The predicted octanol–water partition coefficient (Wildman–Crippen LogP) is 4.63. The average Bonchev–Trinajstić information content (AvgIpc) is 2.57. The number of hydrogen-bond donors (Lipinski definition) is 0. The Bertz CT molecular complexity index is 522. The molecule has 23 heavy (non-hydrogen) atoms. The molecule has 0 spiro atoms. The maximum absolute atomic E-state index is 8.81. The van der Waals surface area contributed by atoms with Crippen LogP contribution >= 0.6 is 11.8 Å². The predicted molar refractivity (Wildman–Crippen MR) is 94.2 cm³/mol. The molecule has 1 aromatic rings. The van der Waals surface area contributed by atoms with E-state index in [4.69, 9.17) is 15.0 Å². The van der Waals surface area contributed by atoms with Gasteiger partial charge in [0.2, 0.25) is 0 Å². The fourth-order valence-corrected chi connectivity index (χ4v) is 3.90. The highest BCUT2D eigenvalue weighted by atomic mass is 32.2. The van der Waals surface area contributed by atoms with Crippen LogP contribution in [0.15, 0.2) is 35.4 Å². The van der Waals surface area contributed by atoms with Crippen LogP contribution in [-0.2, 0) is 16.1 Å². The van der Waals surface area contributed by atoms with Gasteiger partial charge in [-0.25, -0.2) is 0 Å². The van der Waals surface area contributed by atoms with Crippen LogP contribution in [0.3, 0.4) is 0 Å². The van der Waals surface area contributed by atoms with Gasteiger partial charge in [0.25, 0.3) is 0 Å². The highest BCUT2D eigenvalue weighted by molar-refractivity contribution is 7.99. The van der Waals surface area contributed by atoms with E-state index in [2.05, 4.69) is 42.9 Å². The molecule has 6 heteroatoms. The van der Waals surface area contributed by atoms with Crippen molar-refractivity contribution < 1.29 is 9.47 Å². The molecule has 5 nitrogen and oxygen atoms in total. The molecule has 126 valence electrons. The minimum absolute atomic E-state index is 0.0305. The Kier molecular flexibility index (Phi) is 7.24. The van der Waals surface area contributed by atoms with Crippen molar-refractivity contribution in [1.82, 2.24) is 0 Å². The molecule has 0 radical (unpaired) electrons. The summed E-state index contributed by atoms with van der Waals surface area (Å²) in [5.41, 5.74) is 9.88. The Hall–Kier alpha value is -1.20. The van der Waals surface area contributed by atoms with Gasteiger partial charge >= 0.3 is 0 Å². The molecule has 2 unspecified atom stereocenters. The van der Waals surface area contributed by atoms with Gasteiger partial charge in [-0.2, -0.15) is 0 Å². The van der Waals surface area contributed by atoms with Crippen LogP contribution < -0.4 is 0 Å². The number of azide groups is 1. The van der Waals surface area contributed by atoms with Crippen molar-refractivity contribution in [3.63, 3.8) is 0 Å². The van der Waals surface area contributed by atoms with E-state index in [0.717, 1.165) is 11.3 Å². The van der Waals surface area contributed by atoms with Crippen LogP contribution in [0, 0.1) is 11.8 Å². The number of hydrogen-bond acceptors (Lipinski definition) is 4. The van der Waals surface area contributed by atoms with E-state index < -0.39 is 0 Å². The third-order valence-corrected chi connectivity index (χ3v) is 5.50. The molecule has 0 N–H and O–H groups in total. The monoisotopic (exact) mass is 335 g/mol. The molecule has 1 aliphatic heterocycles. The summed E-state index contributed by atoms with van der Waals surface area (Å²) >= 11 is 1.70. The molecule has 1 fully saturated rings. The zero-order valence-electron chi connectivity index (χ0n) is 14.0. The van der Waals surface area contributed by atoms with Crippen molar-refractivity contribution in [2.45, 2.75) is 45.0 Å². The number of benzene rings is 1. The summed E-state index contributed by atoms with van der Waals surface area (Å²) in [5, 5.41) is 3.97. The zero-order valence-corrected chi connectivity index (χ0v) is 14.8. The Morgan fingerprint density at radius 2 is 2.00 bits per heavy atom. The summed E-state index contributed by atoms with van der Waals surface area (Å²) in [6, 6.07) is 10.0. The SMILES string of the molecule is CCS[C@@H]1OC(COCc2ccccc2)[C@@H](C)[C@H](C)C1N=[N+]=[N-]. The topological polar surface area (TPSA) is 67.2 Å². The molecule has 0 bridgehead atoms. The highest BCUT2D eigenvalue weighted by Gasteiger charge is 2.41. The maximum atomic E-state index is 8.81. The summed E-state index contributed by atoms with van der Waals surface area (Å²) in [5.74, 6) is 1.49. The molecule has 0 aromatic heterocycles. The average molecular weight is 335 g/mol. The van der Waals surface area contributed by atoms with Crippen LogP contribution in [0.2, 0.25) is 0 Å².